The van der Waals surface area contributed by atoms with Crippen LogP contribution in [0.3, 0.4) is 0 Å². The van der Waals surface area contributed by atoms with Gasteiger partial charge in [-0.05, 0) is 34.9 Å². The molecule has 1 N–H and O–H groups in total. The maximum Gasteiger partial charge on any atom is 0.169 e. The van der Waals surface area contributed by atoms with Crippen molar-refractivity contribution in [1.82, 2.24) is 5.32 Å². The third kappa shape index (κ3) is 4.83. The molecule has 1 heterocycles. The fourth-order valence-electron chi connectivity index (χ4n) is 4.01. The van der Waals surface area contributed by atoms with Gasteiger partial charge in [0.25, 0.3) is 0 Å². The Morgan fingerprint density at radius 2 is 1.75 bits per heavy atom. The maximum atomic E-state index is 5.05. The van der Waals surface area contributed by atoms with Crippen LogP contribution in [0.2, 0.25) is 0 Å². The second-order valence-electron chi connectivity index (χ2n) is 9.52. The number of nitrogens with zero attached hydrogens (tertiary/aromatic N) is 2. The summed E-state index contributed by atoms with van der Waals surface area (Å²) < 4.78 is 0. The van der Waals surface area contributed by atoms with Crippen LogP contribution < -0.4 is 5.32 Å². The third-order valence-corrected chi connectivity index (χ3v) is 6.19. The lowest BCUT2D eigenvalue weighted by Crippen LogP contribution is -2.39. The van der Waals surface area contributed by atoms with Gasteiger partial charge in [0.2, 0.25) is 0 Å². The zero-order chi connectivity index (χ0) is 22.7. The summed E-state index contributed by atoms with van der Waals surface area (Å²) in [6.07, 6.45) is 10.5. The highest BCUT2D eigenvalue weighted by atomic mass is 15.2. The second kappa shape index (κ2) is 9.12. The van der Waals surface area contributed by atoms with Crippen molar-refractivity contribution in [1.29, 1.82) is 0 Å². The van der Waals surface area contributed by atoms with Crippen molar-refractivity contribution in [2.24, 2.45) is 15.9 Å². The third-order valence-electron chi connectivity index (χ3n) is 6.19. The molecule has 1 aliphatic carbocycles. The zero-order valence-corrected chi connectivity index (χ0v) is 19.6. The Bertz CT molecular complexity index is 1090. The molecule has 0 saturated carbocycles. The topological polar surface area (TPSA) is 36.8 Å². The monoisotopic (exact) mass is 423 g/mol. The Hall–Kier alpha value is -3.20. The summed E-state index contributed by atoms with van der Waals surface area (Å²) in [5.74, 6) is 2.09. The summed E-state index contributed by atoms with van der Waals surface area (Å²) in [5.41, 5.74) is 6.10. The van der Waals surface area contributed by atoms with E-state index >= 15 is 0 Å². The van der Waals surface area contributed by atoms with E-state index in [4.69, 9.17) is 9.98 Å². The lowest BCUT2D eigenvalue weighted by atomic mass is 9.86. The van der Waals surface area contributed by atoms with Gasteiger partial charge in [0.1, 0.15) is 11.7 Å². The van der Waals surface area contributed by atoms with Crippen molar-refractivity contribution in [2.75, 3.05) is 0 Å². The van der Waals surface area contributed by atoms with Crippen LogP contribution in [0.4, 0.5) is 0 Å². The minimum Gasteiger partial charge on any atom is -0.328 e. The first-order valence-electron chi connectivity index (χ1n) is 11.5. The number of nitrogens with one attached hydrogen (secondary N) is 1. The van der Waals surface area contributed by atoms with E-state index in [0.717, 1.165) is 41.2 Å². The summed E-state index contributed by atoms with van der Waals surface area (Å²) in [4.78, 5) is 10.0. The first-order valence-corrected chi connectivity index (χ1v) is 11.5. The molecule has 0 fully saturated rings. The molecule has 0 amide bonds. The molecular formula is C29H33N3. The summed E-state index contributed by atoms with van der Waals surface area (Å²) in [6, 6.07) is 17.1. The van der Waals surface area contributed by atoms with E-state index in [1.165, 1.54) is 11.1 Å². The number of benzene rings is 2. The van der Waals surface area contributed by atoms with Crippen LogP contribution in [0.25, 0.3) is 6.08 Å². The molecule has 2 unspecified atom stereocenters. The highest BCUT2D eigenvalue weighted by Crippen LogP contribution is 2.29. The number of hydrogen-bond acceptors (Lipinski definition) is 3. The molecule has 164 valence electrons. The molecule has 4 rings (SSSR count). The van der Waals surface area contributed by atoms with Crippen molar-refractivity contribution in [3.05, 3.63) is 101 Å². The van der Waals surface area contributed by atoms with E-state index in [1.54, 1.807) is 0 Å². The summed E-state index contributed by atoms with van der Waals surface area (Å²) in [6.45, 7) is 12.8. The van der Waals surface area contributed by atoms with Crippen LogP contribution in [0.1, 0.15) is 69.0 Å². The summed E-state index contributed by atoms with van der Waals surface area (Å²) in [7, 11) is 0. The van der Waals surface area contributed by atoms with Gasteiger partial charge >= 0.3 is 0 Å². The first kappa shape index (κ1) is 22.0. The lowest BCUT2D eigenvalue weighted by molar-refractivity contribution is 0.589. The predicted octanol–water partition coefficient (Wildman–Crippen LogP) is 6.99. The van der Waals surface area contributed by atoms with Gasteiger partial charge in [-0.15, -0.1) is 0 Å². The fraction of sp³-hybridized carbons (Fsp3) is 0.310. The Morgan fingerprint density at radius 1 is 1.03 bits per heavy atom. The van der Waals surface area contributed by atoms with Crippen molar-refractivity contribution in [3.8, 4) is 0 Å². The van der Waals surface area contributed by atoms with Crippen LogP contribution in [0.15, 0.2) is 88.9 Å². The molecule has 2 aromatic rings. The van der Waals surface area contributed by atoms with Crippen LogP contribution >= 0.6 is 0 Å². The van der Waals surface area contributed by atoms with Crippen LogP contribution in [0.5, 0.6) is 0 Å². The standard InChI is InChI=1S/C29H33N3/c1-6-20-8-12-22(13-9-20)26-30-27(23-14-10-21(7-2)11-15-23)32-28(31-26)24-16-18-25(19-17-24)29(3,4)5/h6,8-14,16-19,23,28H,1,7,15H2,2-5H3,(H,30,31,32). The molecule has 0 spiro atoms. The molecule has 0 aromatic heterocycles. The van der Waals surface area contributed by atoms with Crippen molar-refractivity contribution in [3.63, 3.8) is 0 Å². The van der Waals surface area contributed by atoms with E-state index in [9.17, 15) is 0 Å². The van der Waals surface area contributed by atoms with Crippen LogP contribution in [-0.4, -0.2) is 11.7 Å². The van der Waals surface area contributed by atoms with Gasteiger partial charge in [-0.1, -0.05) is 113 Å². The molecular weight excluding hydrogens is 390 g/mol. The van der Waals surface area contributed by atoms with E-state index < -0.39 is 0 Å². The molecule has 0 saturated heterocycles. The molecule has 2 aromatic carbocycles. The molecule has 0 bridgehead atoms. The maximum absolute atomic E-state index is 5.05. The van der Waals surface area contributed by atoms with Gasteiger partial charge in [0, 0.05) is 11.5 Å². The molecule has 3 nitrogen and oxygen atoms in total. The van der Waals surface area contributed by atoms with Crippen LogP contribution in [0, 0.1) is 5.92 Å². The van der Waals surface area contributed by atoms with E-state index in [1.807, 2.05) is 6.08 Å². The van der Waals surface area contributed by atoms with Gasteiger partial charge in [-0.25, -0.2) is 9.98 Å². The van der Waals surface area contributed by atoms with Crippen LogP contribution in [-0.2, 0) is 5.41 Å². The van der Waals surface area contributed by atoms with Gasteiger partial charge in [-0.2, -0.15) is 0 Å². The quantitative estimate of drug-likeness (QED) is 0.553. The normalized spacial score (nSPS) is 20.7. The van der Waals surface area contributed by atoms with E-state index in [-0.39, 0.29) is 17.5 Å². The van der Waals surface area contributed by atoms with Crippen molar-refractivity contribution in [2.45, 2.75) is 52.1 Å². The Labute approximate surface area is 192 Å². The predicted molar refractivity (Wildman–Crippen MR) is 137 cm³/mol. The number of aliphatic imine (C=N–C) groups is 2. The average molecular weight is 424 g/mol. The highest BCUT2D eigenvalue weighted by Gasteiger charge is 2.25. The smallest absolute Gasteiger partial charge is 0.169 e. The SMILES string of the molecule is C=Cc1ccc(C2=NC(c3ccc(C(C)(C)C)cc3)N=C(C3C=CC(CC)=CC3)N2)cc1. The molecule has 0 radical (unpaired) electrons. The first-order chi connectivity index (χ1) is 15.4. The minimum absolute atomic E-state index is 0.124. The van der Waals surface area contributed by atoms with Gasteiger partial charge in [-0.3, -0.25) is 0 Å². The van der Waals surface area contributed by atoms with Gasteiger partial charge in [0.05, 0.1) is 0 Å². The fourth-order valence-corrected chi connectivity index (χ4v) is 4.01. The van der Waals surface area contributed by atoms with Crippen molar-refractivity contribution >= 4 is 17.7 Å². The Kier molecular flexibility index (Phi) is 6.27. The van der Waals surface area contributed by atoms with E-state index in [2.05, 4.69) is 106 Å². The lowest BCUT2D eigenvalue weighted by Gasteiger charge is -2.27. The number of hydrogen-bond donors (Lipinski definition) is 1. The van der Waals surface area contributed by atoms with Gasteiger partial charge in [0.15, 0.2) is 6.17 Å². The van der Waals surface area contributed by atoms with Crippen molar-refractivity contribution < 1.29 is 0 Å². The molecule has 3 heteroatoms. The molecule has 1 aliphatic heterocycles. The number of allylic oxidation sites excluding steroid dienone is 3. The summed E-state index contributed by atoms with van der Waals surface area (Å²) in [5, 5.41) is 3.54. The molecule has 2 aliphatic rings. The van der Waals surface area contributed by atoms with Gasteiger partial charge < -0.3 is 5.32 Å². The summed E-state index contributed by atoms with van der Waals surface area (Å²) >= 11 is 0. The molecule has 2 atom stereocenters. The second-order valence-corrected chi connectivity index (χ2v) is 9.52. The number of amidine groups is 2. The highest BCUT2D eigenvalue weighted by molar-refractivity contribution is 6.11. The largest absolute Gasteiger partial charge is 0.328 e. The van der Waals surface area contributed by atoms with E-state index in [0.29, 0.717) is 0 Å². The molecule has 32 heavy (non-hydrogen) atoms. The Morgan fingerprint density at radius 3 is 2.31 bits per heavy atom. The Balaban J connectivity index is 1.68. The minimum atomic E-state index is -0.251. The number of rotatable bonds is 5. The zero-order valence-electron chi connectivity index (χ0n) is 19.6. The average Bonchev–Trinajstić information content (AvgIpc) is 2.83.